The van der Waals surface area contributed by atoms with Gasteiger partial charge in [0.15, 0.2) is 9.84 Å². The molecule has 2 radical (unpaired) electrons. The second-order valence-corrected chi connectivity index (χ2v) is 9.11. The van der Waals surface area contributed by atoms with Gasteiger partial charge in [0.25, 0.3) is 0 Å². The second kappa shape index (κ2) is 14.1. The van der Waals surface area contributed by atoms with E-state index in [0.717, 1.165) is 0 Å². The lowest BCUT2D eigenvalue weighted by Crippen LogP contribution is -2.40. The Morgan fingerprint density at radius 3 is 2.00 bits per heavy atom. The van der Waals surface area contributed by atoms with Gasteiger partial charge in [-0.25, -0.2) is 8.42 Å². The molecule has 13 heteroatoms. The molecule has 0 amide bonds. The van der Waals surface area contributed by atoms with Crippen LogP contribution < -0.4 is 11.3 Å². The fourth-order valence-electron chi connectivity index (χ4n) is 2.75. The van der Waals surface area contributed by atoms with Crippen molar-refractivity contribution < 1.29 is 27.4 Å². The number of sulfone groups is 1. The molecule has 0 bridgehead atoms. The van der Waals surface area contributed by atoms with Crippen molar-refractivity contribution in [1.29, 1.82) is 0 Å². The maximum atomic E-state index is 11.5. The van der Waals surface area contributed by atoms with Crippen LogP contribution in [0.25, 0.3) is 0 Å². The third kappa shape index (κ3) is 9.81. The number of hydrogen-bond acceptors (Lipinski definition) is 10. The highest BCUT2D eigenvalue weighted by molar-refractivity contribution is 7.91. The molecule has 0 aromatic carbocycles. The summed E-state index contributed by atoms with van der Waals surface area (Å²) in [6, 6.07) is 0. The van der Waals surface area contributed by atoms with E-state index in [1.165, 1.54) is 0 Å². The lowest BCUT2D eigenvalue weighted by molar-refractivity contribution is -0.00194. The minimum absolute atomic E-state index is 0.173. The average Bonchev–Trinajstić information content (AvgIpc) is 3.06. The molecule has 0 aliphatic carbocycles. The average molecular weight is 445 g/mol. The molecule has 0 unspecified atom stereocenters. The maximum Gasteiger partial charge on any atom is 0.152 e. The van der Waals surface area contributed by atoms with Gasteiger partial charge in [-0.2, -0.15) is 0 Å². The quantitative estimate of drug-likeness (QED) is 0.212. The van der Waals surface area contributed by atoms with Gasteiger partial charge in [0, 0.05) is 31.8 Å². The lowest BCUT2D eigenvalue weighted by atomic mass is 10.0. The van der Waals surface area contributed by atoms with E-state index in [4.69, 9.17) is 32.5 Å². The first-order valence-electron chi connectivity index (χ1n) is 10.1. The number of nitrogens with zero attached hydrogens (tertiary/aromatic N) is 4. The highest BCUT2D eigenvalue weighted by Crippen LogP contribution is 2.06. The molecule has 11 nitrogen and oxygen atoms in total. The lowest BCUT2D eigenvalue weighted by Gasteiger charge is -2.25. The van der Waals surface area contributed by atoms with Gasteiger partial charge in [0.1, 0.15) is 7.85 Å². The van der Waals surface area contributed by atoms with Crippen LogP contribution in [0.5, 0.6) is 0 Å². The largest absolute Gasteiger partial charge is 0.378 e. The molecule has 1 fully saturated rings. The summed E-state index contributed by atoms with van der Waals surface area (Å²) >= 11 is 0. The SMILES string of the molecule is [B]c1c(CN2CCS(=O)(=O)CC2)nnn1CCOCCOCCOCCOCCN. The van der Waals surface area contributed by atoms with E-state index in [1.807, 2.05) is 4.90 Å². The molecule has 0 spiro atoms. The maximum absolute atomic E-state index is 11.5. The van der Waals surface area contributed by atoms with Crippen molar-refractivity contribution in [3.63, 3.8) is 0 Å². The molecular weight excluding hydrogens is 413 g/mol. The fourth-order valence-corrected chi connectivity index (χ4v) is 4.03. The summed E-state index contributed by atoms with van der Waals surface area (Å²) in [6.45, 7) is 6.46. The Bertz CT molecular complexity index is 691. The van der Waals surface area contributed by atoms with Gasteiger partial charge in [-0.05, 0) is 0 Å². The van der Waals surface area contributed by atoms with Crippen LogP contribution in [-0.2, 0) is 41.9 Å². The highest BCUT2D eigenvalue weighted by atomic mass is 32.2. The summed E-state index contributed by atoms with van der Waals surface area (Å²) in [5.41, 5.74) is 6.45. The first-order valence-corrected chi connectivity index (χ1v) is 12.0. The summed E-state index contributed by atoms with van der Waals surface area (Å²) < 4.78 is 46.1. The Labute approximate surface area is 179 Å². The number of nitrogens with two attached hydrogens (primary N) is 1. The van der Waals surface area contributed by atoms with Crippen LogP contribution in [0, 0.1) is 0 Å². The van der Waals surface area contributed by atoms with Crippen LogP contribution in [0.4, 0.5) is 0 Å². The normalized spacial score (nSPS) is 16.8. The molecule has 1 aromatic heterocycles. The first kappa shape index (κ1) is 25.2. The Hall–Kier alpha value is -1.09. The fraction of sp³-hybridized carbons (Fsp3) is 0.882. The van der Waals surface area contributed by atoms with Gasteiger partial charge in [0.2, 0.25) is 0 Å². The standard InChI is InChI=1S/C17H32BN5O6S/c18-17-16(15-22-3-13-30(24,25)14-4-22)20-21-23(17)2-6-27-8-10-29-12-11-28-9-7-26-5-1-19/h1-15,19H2. The number of ether oxygens (including phenoxy) is 4. The van der Waals surface area contributed by atoms with E-state index in [2.05, 4.69) is 10.3 Å². The molecular formula is C17H32BN5O6S. The van der Waals surface area contributed by atoms with Crippen molar-refractivity contribution in [2.45, 2.75) is 13.1 Å². The van der Waals surface area contributed by atoms with Gasteiger partial charge in [0.05, 0.1) is 76.6 Å². The van der Waals surface area contributed by atoms with E-state index in [1.54, 1.807) is 4.68 Å². The van der Waals surface area contributed by atoms with E-state index >= 15 is 0 Å². The Balaban J connectivity index is 1.49. The minimum atomic E-state index is -2.90. The van der Waals surface area contributed by atoms with E-state index < -0.39 is 9.84 Å². The van der Waals surface area contributed by atoms with Crippen molar-refractivity contribution in [2.75, 3.05) is 84.0 Å². The third-order valence-electron chi connectivity index (χ3n) is 4.48. The van der Waals surface area contributed by atoms with Crippen LogP contribution in [0.15, 0.2) is 0 Å². The van der Waals surface area contributed by atoms with Gasteiger partial charge >= 0.3 is 0 Å². The van der Waals surface area contributed by atoms with Crippen molar-refractivity contribution in [2.24, 2.45) is 5.73 Å². The van der Waals surface area contributed by atoms with Crippen molar-refractivity contribution in [3.8, 4) is 0 Å². The molecule has 170 valence electrons. The second-order valence-electron chi connectivity index (χ2n) is 6.81. The molecule has 1 saturated heterocycles. The van der Waals surface area contributed by atoms with Crippen molar-refractivity contribution >= 4 is 23.3 Å². The van der Waals surface area contributed by atoms with E-state index in [9.17, 15) is 8.42 Å². The zero-order valence-electron chi connectivity index (χ0n) is 17.4. The first-order chi connectivity index (χ1) is 14.5. The summed E-state index contributed by atoms with van der Waals surface area (Å²) in [7, 11) is 3.20. The van der Waals surface area contributed by atoms with Gasteiger partial charge in [-0.15, -0.1) is 5.10 Å². The molecule has 1 aliphatic rings. The number of rotatable bonds is 16. The summed E-state index contributed by atoms with van der Waals surface area (Å²) in [4.78, 5) is 2.02. The van der Waals surface area contributed by atoms with Gasteiger partial charge in [-0.3, -0.25) is 9.58 Å². The summed E-state index contributed by atoms with van der Waals surface area (Å²) in [6.07, 6.45) is 0. The molecule has 0 atom stereocenters. The van der Waals surface area contributed by atoms with Crippen LogP contribution in [0.2, 0.25) is 0 Å². The topological polar surface area (TPSA) is 131 Å². The molecule has 2 heterocycles. The number of hydrogen-bond donors (Lipinski definition) is 1. The van der Waals surface area contributed by atoms with Crippen LogP contribution >= 0.6 is 0 Å². The summed E-state index contributed by atoms with van der Waals surface area (Å²) in [5.74, 6) is 0.346. The molecule has 30 heavy (non-hydrogen) atoms. The predicted molar refractivity (Wildman–Crippen MR) is 112 cm³/mol. The molecule has 2 rings (SSSR count). The molecule has 1 aromatic rings. The van der Waals surface area contributed by atoms with Crippen LogP contribution in [0.3, 0.4) is 0 Å². The Morgan fingerprint density at radius 2 is 1.43 bits per heavy atom. The van der Waals surface area contributed by atoms with E-state index in [-0.39, 0.29) is 11.5 Å². The zero-order chi connectivity index (χ0) is 21.7. The van der Waals surface area contributed by atoms with Crippen molar-refractivity contribution in [3.05, 3.63) is 5.69 Å². The Morgan fingerprint density at radius 1 is 0.900 bits per heavy atom. The van der Waals surface area contributed by atoms with Crippen LogP contribution in [-0.4, -0.2) is 120 Å². The number of aromatic nitrogens is 3. The van der Waals surface area contributed by atoms with Gasteiger partial charge in [-0.1, -0.05) is 5.21 Å². The van der Waals surface area contributed by atoms with Gasteiger partial charge < -0.3 is 24.7 Å². The molecule has 1 aliphatic heterocycles. The molecule has 0 saturated carbocycles. The zero-order valence-corrected chi connectivity index (χ0v) is 18.2. The summed E-state index contributed by atoms with van der Waals surface area (Å²) in [5, 5.41) is 8.17. The third-order valence-corrected chi connectivity index (χ3v) is 6.09. The van der Waals surface area contributed by atoms with Crippen LogP contribution in [0.1, 0.15) is 5.69 Å². The van der Waals surface area contributed by atoms with E-state index in [0.29, 0.717) is 96.9 Å². The highest BCUT2D eigenvalue weighted by Gasteiger charge is 2.22. The van der Waals surface area contributed by atoms with Crippen molar-refractivity contribution in [1.82, 2.24) is 19.9 Å². The predicted octanol–water partition coefficient (Wildman–Crippen LogP) is -2.67. The smallest absolute Gasteiger partial charge is 0.152 e. The Kier molecular flexibility index (Phi) is 11.8. The minimum Gasteiger partial charge on any atom is -0.378 e. The molecule has 2 N–H and O–H groups in total. The monoisotopic (exact) mass is 445 g/mol.